The predicted molar refractivity (Wildman–Crippen MR) is 58.1 cm³/mol. The van der Waals surface area contributed by atoms with Gasteiger partial charge in [-0.3, -0.25) is 0 Å². The largest absolute Gasteiger partial charge is 0.496 e. The number of rotatable bonds is 3. The summed E-state index contributed by atoms with van der Waals surface area (Å²) in [6, 6.07) is 3.78. The van der Waals surface area contributed by atoms with Crippen molar-refractivity contribution in [3.05, 3.63) is 28.3 Å². The summed E-state index contributed by atoms with van der Waals surface area (Å²) in [5.74, 6) is 0.771. The van der Waals surface area contributed by atoms with Gasteiger partial charge in [0.2, 0.25) is 0 Å². The topological polar surface area (TPSA) is 29.5 Å². The lowest BCUT2D eigenvalue weighted by molar-refractivity contribution is 0.195. The van der Waals surface area contributed by atoms with Gasteiger partial charge in [0.1, 0.15) is 5.75 Å². The minimum Gasteiger partial charge on any atom is -0.496 e. The third-order valence-electron chi connectivity index (χ3n) is 2.11. The van der Waals surface area contributed by atoms with E-state index >= 15 is 0 Å². The maximum Gasteiger partial charge on any atom is 0.123 e. The molecule has 0 aromatic heterocycles. The van der Waals surface area contributed by atoms with Crippen LogP contribution in [0.15, 0.2) is 12.1 Å². The molecule has 0 aliphatic heterocycles. The number of methoxy groups -OCH3 is 1. The fourth-order valence-electron chi connectivity index (χ4n) is 1.38. The molecule has 78 valence electrons. The van der Waals surface area contributed by atoms with Crippen molar-refractivity contribution in [1.82, 2.24) is 0 Å². The van der Waals surface area contributed by atoms with Gasteiger partial charge < -0.3 is 9.84 Å². The summed E-state index contributed by atoms with van der Waals surface area (Å²) in [7, 11) is 1.62. The van der Waals surface area contributed by atoms with Gasteiger partial charge in [-0.1, -0.05) is 11.6 Å². The van der Waals surface area contributed by atoms with E-state index in [1.807, 2.05) is 19.1 Å². The normalized spacial score (nSPS) is 12.6. The standard InChI is InChI=1S/C11H15ClO2/c1-7(13)4-9-5-10(12)8(2)11(6-9)14-3/h5-7,13H,4H2,1-3H3. The van der Waals surface area contributed by atoms with Gasteiger partial charge in [0.25, 0.3) is 0 Å². The molecular formula is C11H15ClO2. The number of hydrogen-bond acceptors (Lipinski definition) is 2. The van der Waals surface area contributed by atoms with Crippen molar-refractivity contribution >= 4 is 11.6 Å². The van der Waals surface area contributed by atoms with Crippen molar-refractivity contribution in [1.29, 1.82) is 0 Å². The summed E-state index contributed by atoms with van der Waals surface area (Å²) in [5.41, 5.74) is 1.93. The molecule has 1 aromatic carbocycles. The number of aliphatic hydroxyl groups excluding tert-OH is 1. The minimum atomic E-state index is -0.363. The maximum atomic E-state index is 9.25. The number of aliphatic hydroxyl groups is 1. The molecule has 0 saturated heterocycles. The second-order valence-electron chi connectivity index (χ2n) is 3.46. The number of hydrogen-bond donors (Lipinski definition) is 1. The average molecular weight is 215 g/mol. The Bertz CT molecular complexity index is 321. The summed E-state index contributed by atoms with van der Waals surface area (Å²) >= 11 is 6.02. The summed E-state index contributed by atoms with van der Waals surface area (Å²) in [6.45, 7) is 3.66. The Morgan fingerprint density at radius 3 is 2.64 bits per heavy atom. The van der Waals surface area contributed by atoms with E-state index in [0.717, 1.165) is 16.9 Å². The van der Waals surface area contributed by atoms with Crippen LogP contribution >= 0.6 is 11.6 Å². The zero-order valence-corrected chi connectivity index (χ0v) is 9.43. The number of halogens is 1. The van der Waals surface area contributed by atoms with Crippen LogP contribution in [0.3, 0.4) is 0 Å². The Hall–Kier alpha value is -0.730. The van der Waals surface area contributed by atoms with Gasteiger partial charge in [0.05, 0.1) is 13.2 Å². The van der Waals surface area contributed by atoms with Crippen molar-refractivity contribution in [3.63, 3.8) is 0 Å². The van der Waals surface area contributed by atoms with E-state index in [0.29, 0.717) is 11.4 Å². The first-order chi connectivity index (χ1) is 6.54. The summed E-state index contributed by atoms with van der Waals surface area (Å²) in [4.78, 5) is 0. The Morgan fingerprint density at radius 1 is 1.50 bits per heavy atom. The smallest absolute Gasteiger partial charge is 0.123 e. The highest BCUT2D eigenvalue weighted by Crippen LogP contribution is 2.27. The monoisotopic (exact) mass is 214 g/mol. The fourth-order valence-corrected chi connectivity index (χ4v) is 1.61. The molecule has 1 N–H and O–H groups in total. The van der Waals surface area contributed by atoms with Crippen LogP contribution in [0.25, 0.3) is 0 Å². The van der Waals surface area contributed by atoms with Crippen LogP contribution in [0.1, 0.15) is 18.1 Å². The van der Waals surface area contributed by atoms with Gasteiger partial charge in [-0.05, 0) is 38.0 Å². The molecule has 1 aromatic rings. The van der Waals surface area contributed by atoms with Crippen LogP contribution in [-0.2, 0) is 6.42 Å². The highest BCUT2D eigenvalue weighted by molar-refractivity contribution is 6.31. The van der Waals surface area contributed by atoms with Crippen molar-refractivity contribution < 1.29 is 9.84 Å². The van der Waals surface area contributed by atoms with Crippen molar-refractivity contribution in [3.8, 4) is 5.75 Å². The molecule has 0 radical (unpaired) electrons. The van der Waals surface area contributed by atoms with Crippen LogP contribution in [0.2, 0.25) is 5.02 Å². The zero-order chi connectivity index (χ0) is 10.7. The summed E-state index contributed by atoms with van der Waals surface area (Å²) in [6.07, 6.45) is 0.231. The Balaban J connectivity index is 3.03. The first-order valence-electron chi connectivity index (χ1n) is 4.55. The molecule has 0 bridgehead atoms. The van der Waals surface area contributed by atoms with E-state index in [-0.39, 0.29) is 6.10 Å². The van der Waals surface area contributed by atoms with E-state index in [9.17, 15) is 5.11 Å². The predicted octanol–water partition coefficient (Wildman–Crippen LogP) is 2.58. The van der Waals surface area contributed by atoms with Gasteiger partial charge >= 0.3 is 0 Å². The van der Waals surface area contributed by atoms with Crippen LogP contribution in [-0.4, -0.2) is 18.3 Å². The molecule has 0 amide bonds. The van der Waals surface area contributed by atoms with Gasteiger partial charge in [-0.25, -0.2) is 0 Å². The summed E-state index contributed by atoms with van der Waals surface area (Å²) < 4.78 is 5.18. The molecule has 1 unspecified atom stereocenters. The quantitative estimate of drug-likeness (QED) is 0.838. The van der Waals surface area contributed by atoms with E-state index in [1.54, 1.807) is 14.0 Å². The molecule has 1 atom stereocenters. The van der Waals surface area contributed by atoms with Crippen LogP contribution in [0.4, 0.5) is 0 Å². The molecule has 0 aliphatic carbocycles. The van der Waals surface area contributed by atoms with Gasteiger partial charge in [0, 0.05) is 10.6 Å². The minimum absolute atomic E-state index is 0.363. The highest BCUT2D eigenvalue weighted by Gasteiger charge is 2.07. The second kappa shape index (κ2) is 4.67. The zero-order valence-electron chi connectivity index (χ0n) is 8.67. The lowest BCUT2D eigenvalue weighted by atomic mass is 10.1. The molecule has 0 spiro atoms. The molecule has 1 rings (SSSR count). The van der Waals surface area contributed by atoms with E-state index in [4.69, 9.17) is 16.3 Å². The SMILES string of the molecule is COc1cc(CC(C)O)cc(Cl)c1C. The van der Waals surface area contributed by atoms with Crippen LogP contribution in [0, 0.1) is 6.92 Å². The van der Waals surface area contributed by atoms with Gasteiger partial charge in [-0.2, -0.15) is 0 Å². The first-order valence-corrected chi connectivity index (χ1v) is 4.93. The third kappa shape index (κ3) is 2.63. The van der Waals surface area contributed by atoms with E-state index < -0.39 is 0 Å². The van der Waals surface area contributed by atoms with Gasteiger partial charge in [-0.15, -0.1) is 0 Å². The molecule has 3 heteroatoms. The van der Waals surface area contributed by atoms with Crippen LogP contribution in [0.5, 0.6) is 5.75 Å². The van der Waals surface area contributed by atoms with Gasteiger partial charge in [0.15, 0.2) is 0 Å². The molecule has 0 aliphatic rings. The van der Waals surface area contributed by atoms with Crippen LogP contribution < -0.4 is 4.74 Å². The van der Waals surface area contributed by atoms with Crippen molar-refractivity contribution in [2.75, 3.05) is 7.11 Å². The fraction of sp³-hybridized carbons (Fsp3) is 0.455. The second-order valence-corrected chi connectivity index (χ2v) is 3.87. The van der Waals surface area contributed by atoms with Crippen molar-refractivity contribution in [2.45, 2.75) is 26.4 Å². The average Bonchev–Trinajstić information content (AvgIpc) is 2.10. The Labute approximate surface area is 89.5 Å². The Kier molecular flexibility index (Phi) is 3.78. The van der Waals surface area contributed by atoms with E-state index in [2.05, 4.69) is 0 Å². The highest BCUT2D eigenvalue weighted by atomic mass is 35.5. The summed E-state index contributed by atoms with van der Waals surface area (Å²) in [5, 5.41) is 9.93. The molecule has 0 fully saturated rings. The Morgan fingerprint density at radius 2 is 2.14 bits per heavy atom. The number of ether oxygens (including phenoxy) is 1. The lowest BCUT2D eigenvalue weighted by Crippen LogP contribution is -2.04. The maximum absolute atomic E-state index is 9.25. The number of benzene rings is 1. The molecule has 14 heavy (non-hydrogen) atoms. The molecular weight excluding hydrogens is 200 g/mol. The van der Waals surface area contributed by atoms with E-state index in [1.165, 1.54) is 0 Å². The molecule has 0 saturated carbocycles. The first kappa shape index (κ1) is 11.3. The molecule has 0 heterocycles. The van der Waals surface area contributed by atoms with Crippen molar-refractivity contribution in [2.24, 2.45) is 0 Å². The third-order valence-corrected chi connectivity index (χ3v) is 2.50. The lowest BCUT2D eigenvalue weighted by Gasteiger charge is -2.10. The molecule has 2 nitrogen and oxygen atoms in total.